The molecule has 1 heterocycles. The second kappa shape index (κ2) is 8.39. The van der Waals surface area contributed by atoms with Gasteiger partial charge in [-0.1, -0.05) is 25.4 Å². The Morgan fingerprint density at radius 3 is 2.60 bits per heavy atom. The Kier molecular flexibility index (Phi) is 7.19. The third kappa shape index (κ3) is 6.50. The molecule has 20 heavy (non-hydrogen) atoms. The van der Waals surface area contributed by atoms with Crippen molar-refractivity contribution >= 4 is 17.4 Å². The van der Waals surface area contributed by atoms with Crippen molar-refractivity contribution in [2.24, 2.45) is 5.92 Å². The summed E-state index contributed by atoms with van der Waals surface area (Å²) in [5, 5.41) is 3.88. The zero-order valence-electron chi connectivity index (χ0n) is 13.0. The van der Waals surface area contributed by atoms with E-state index in [0.29, 0.717) is 29.5 Å². The van der Waals surface area contributed by atoms with E-state index in [9.17, 15) is 0 Å². The smallest absolute Gasteiger partial charge is 0.158 e. The van der Waals surface area contributed by atoms with Crippen LogP contribution in [0.1, 0.15) is 26.1 Å². The van der Waals surface area contributed by atoms with Gasteiger partial charge >= 0.3 is 0 Å². The number of hydrogen-bond acceptors (Lipinski definition) is 5. The van der Waals surface area contributed by atoms with E-state index >= 15 is 0 Å². The van der Waals surface area contributed by atoms with Crippen molar-refractivity contribution in [1.82, 2.24) is 14.9 Å². The summed E-state index contributed by atoms with van der Waals surface area (Å²) in [6.07, 6.45) is 1.07. The summed E-state index contributed by atoms with van der Waals surface area (Å²) in [6.45, 7) is 5.73. The van der Waals surface area contributed by atoms with Crippen molar-refractivity contribution in [3.63, 3.8) is 0 Å². The Hall–Kier alpha value is -0.910. The second-order valence-corrected chi connectivity index (χ2v) is 6.05. The molecule has 0 saturated carbocycles. The maximum Gasteiger partial charge on any atom is 0.158 e. The van der Waals surface area contributed by atoms with Crippen LogP contribution in [0, 0.1) is 5.92 Å². The van der Waals surface area contributed by atoms with E-state index in [0.717, 1.165) is 18.8 Å². The van der Waals surface area contributed by atoms with Crippen molar-refractivity contribution in [3.8, 4) is 0 Å². The zero-order chi connectivity index (χ0) is 15.1. The molecule has 0 aliphatic heterocycles. The Bertz CT molecular complexity index is 402. The highest BCUT2D eigenvalue weighted by molar-refractivity contribution is 6.29. The van der Waals surface area contributed by atoms with Crippen LogP contribution < -0.4 is 5.32 Å². The molecule has 5 nitrogen and oxygen atoms in total. The highest BCUT2D eigenvalue weighted by Gasteiger charge is 2.13. The summed E-state index contributed by atoms with van der Waals surface area (Å²) in [7, 11) is 5.75. The molecule has 0 spiro atoms. The minimum atomic E-state index is 0.325. The Balaban J connectivity index is 2.80. The number of nitrogens with one attached hydrogen (secondary N) is 1. The minimum absolute atomic E-state index is 0.325. The summed E-state index contributed by atoms with van der Waals surface area (Å²) in [5.41, 5.74) is 0. The number of rotatable bonds is 8. The van der Waals surface area contributed by atoms with Crippen LogP contribution in [0.3, 0.4) is 0 Å². The molecule has 0 fully saturated rings. The van der Waals surface area contributed by atoms with Gasteiger partial charge in [-0.05, 0) is 26.4 Å². The summed E-state index contributed by atoms with van der Waals surface area (Å²) < 4.78 is 5.05. The lowest BCUT2D eigenvalue weighted by atomic mass is 10.0. The standard InChI is InChI=1S/C14H25ClN4O/c1-10(2)6-11(8-19(3)4)16-13-7-12(15)17-14(18-13)9-20-5/h7,10-11H,6,8-9H2,1-5H3,(H,16,17,18). The first kappa shape index (κ1) is 17.1. The van der Waals surface area contributed by atoms with Gasteiger partial charge in [0.1, 0.15) is 17.6 Å². The molecule has 1 unspecified atom stereocenters. The second-order valence-electron chi connectivity index (χ2n) is 5.66. The van der Waals surface area contributed by atoms with Gasteiger partial charge in [0.15, 0.2) is 5.82 Å². The SMILES string of the molecule is COCc1nc(Cl)cc(NC(CC(C)C)CN(C)C)n1. The maximum atomic E-state index is 6.02. The van der Waals surface area contributed by atoms with Crippen LogP contribution in [-0.4, -0.2) is 48.7 Å². The van der Waals surface area contributed by atoms with Crippen LogP contribution in [0.5, 0.6) is 0 Å². The molecule has 0 aliphatic rings. The van der Waals surface area contributed by atoms with Crippen LogP contribution in [-0.2, 0) is 11.3 Å². The molecule has 1 rings (SSSR count). The molecule has 0 saturated heterocycles. The molecule has 0 aliphatic carbocycles. The van der Waals surface area contributed by atoms with E-state index in [1.807, 2.05) is 0 Å². The summed E-state index contributed by atoms with van der Waals surface area (Å²) in [4.78, 5) is 10.7. The minimum Gasteiger partial charge on any atom is -0.377 e. The molecule has 1 aromatic rings. The van der Waals surface area contributed by atoms with Gasteiger partial charge in [-0.3, -0.25) is 0 Å². The highest BCUT2D eigenvalue weighted by Crippen LogP contribution is 2.16. The number of nitrogens with zero attached hydrogens (tertiary/aromatic N) is 3. The molecule has 1 N–H and O–H groups in total. The van der Waals surface area contributed by atoms with E-state index in [2.05, 4.69) is 48.1 Å². The van der Waals surface area contributed by atoms with Crippen molar-refractivity contribution in [1.29, 1.82) is 0 Å². The fourth-order valence-electron chi connectivity index (χ4n) is 2.13. The molecular formula is C14H25ClN4O. The first-order valence-corrected chi connectivity index (χ1v) is 7.22. The van der Waals surface area contributed by atoms with Crippen molar-refractivity contribution in [2.75, 3.05) is 33.1 Å². The van der Waals surface area contributed by atoms with Crippen molar-refractivity contribution < 1.29 is 4.74 Å². The fraction of sp³-hybridized carbons (Fsp3) is 0.714. The molecule has 6 heteroatoms. The molecule has 1 atom stereocenters. The average molecular weight is 301 g/mol. The molecule has 0 radical (unpaired) electrons. The number of likely N-dealkylation sites (N-methyl/N-ethyl adjacent to an activating group) is 1. The number of halogens is 1. The molecule has 0 aromatic carbocycles. The number of hydrogen-bond donors (Lipinski definition) is 1. The van der Waals surface area contributed by atoms with Gasteiger partial charge in [-0.2, -0.15) is 0 Å². The van der Waals surface area contributed by atoms with Crippen LogP contribution in [0.15, 0.2) is 6.07 Å². The third-order valence-corrected chi connectivity index (χ3v) is 2.90. The molecule has 114 valence electrons. The van der Waals surface area contributed by atoms with E-state index in [1.54, 1.807) is 13.2 Å². The highest BCUT2D eigenvalue weighted by atomic mass is 35.5. The summed E-state index contributed by atoms with van der Waals surface area (Å²) in [5.74, 6) is 1.96. The van der Waals surface area contributed by atoms with Crippen LogP contribution in [0.25, 0.3) is 0 Å². The predicted octanol–water partition coefficient (Wildman–Crippen LogP) is 2.66. The van der Waals surface area contributed by atoms with E-state index in [1.165, 1.54) is 0 Å². The molecule has 0 bridgehead atoms. The fourth-order valence-corrected chi connectivity index (χ4v) is 2.33. The Labute approximate surface area is 126 Å². The lowest BCUT2D eigenvalue weighted by Gasteiger charge is -2.24. The van der Waals surface area contributed by atoms with Gasteiger partial charge in [0.25, 0.3) is 0 Å². The van der Waals surface area contributed by atoms with E-state index in [4.69, 9.17) is 16.3 Å². The average Bonchev–Trinajstić information content (AvgIpc) is 2.26. The number of ether oxygens (including phenoxy) is 1. The third-order valence-electron chi connectivity index (χ3n) is 2.71. The first-order chi connectivity index (χ1) is 9.40. The lowest BCUT2D eigenvalue weighted by molar-refractivity contribution is 0.178. The summed E-state index contributed by atoms with van der Waals surface area (Å²) in [6, 6.07) is 2.08. The van der Waals surface area contributed by atoms with Gasteiger partial charge in [0, 0.05) is 25.8 Å². The number of anilines is 1. The maximum absolute atomic E-state index is 6.02. The van der Waals surface area contributed by atoms with Gasteiger partial charge in [0.05, 0.1) is 0 Å². The number of methoxy groups -OCH3 is 1. The largest absolute Gasteiger partial charge is 0.377 e. The van der Waals surface area contributed by atoms with Crippen LogP contribution >= 0.6 is 11.6 Å². The predicted molar refractivity (Wildman–Crippen MR) is 83.2 cm³/mol. The van der Waals surface area contributed by atoms with Gasteiger partial charge in [-0.15, -0.1) is 0 Å². The normalized spacial score (nSPS) is 13.0. The lowest BCUT2D eigenvalue weighted by Crippen LogP contribution is -2.33. The van der Waals surface area contributed by atoms with Gasteiger partial charge < -0.3 is 15.0 Å². The van der Waals surface area contributed by atoms with Crippen molar-refractivity contribution in [2.45, 2.75) is 32.9 Å². The van der Waals surface area contributed by atoms with E-state index < -0.39 is 0 Å². The Morgan fingerprint density at radius 2 is 2.05 bits per heavy atom. The quantitative estimate of drug-likeness (QED) is 0.748. The zero-order valence-corrected chi connectivity index (χ0v) is 13.7. The molecule has 1 aromatic heterocycles. The monoisotopic (exact) mass is 300 g/mol. The first-order valence-electron chi connectivity index (χ1n) is 6.84. The summed E-state index contributed by atoms with van der Waals surface area (Å²) >= 11 is 6.02. The van der Waals surface area contributed by atoms with Gasteiger partial charge in [-0.25, -0.2) is 9.97 Å². The van der Waals surface area contributed by atoms with Gasteiger partial charge in [0.2, 0.25) is 0 Å². The van der Waals surface area contributed by atoms with E-state index in [-0.39, 0.29) is 0 Å². The molecular weight excluding hydrogens is 276 g/mol. The van der Waals surface area contributed by atoms with Crippen molar-refractivity contribution in [3.05, 3.63) is 17.0 Å². The topological polar surface area (TPSA) is 50.3 Å². The Morgan fingerprint density at radius 1 is 1.35 bits per heavy atom. The molecule has 0 amide bonds. The van der Waals surface area contributed by atoms with Crippen LogP contribution in [0.2, 0.25) is 5.15 Å². The number of aromatic nitrogens is 2. The van der Waals surface area contributed by atoms with Crippen LogP contribution in [0.4, 0.5) is 5.82 Å².